The molecule has 2 aromatic heterocycles. The van der Waals surface area contributed by atoms with Gasteiger partial charge in [0.15, 0.2) is 0 Å². The highest BCUT2D eigenvalue weighted by Crippen LogP contribution is 2.30. The molecule has 2 aliphatic rings. The van der Waals surface area contributed by atoms with Crippen molar-refractivity contribution < 1.29 is 44.0 Å². The van der Waals surface area contributed by atoms with Gasteiger partial charge in [-0.3, -0.25) is 28.7 Å². The number of H-pyrrole nitrogens is 2. The van der Waals surface area contributed by atoms with Gasteiger partial charge in [-0.1, -0.05) is 54.6 Å². The summed E-state index contributed by atoms with van der Waals surface area (Å²) in [7, 11) is 1.47. The van der Waals surface area contributed by atoms with E-state index < -0.39 is 83.5 Å². The summed E-state index contributed by atoms with van der Waals surface area (Å²) in [5.41, 5.74) is 2.24. The van der Waals surface area contributed by atoms with Crippen molar-refractivity contribution in [1.29, 1.82) is 0 Å². The van der Waals surface area contributed by atoms with Crippen molar-refractivity contribution in [3.05, 3.63) is 146 Å². The number of benzene rings is 3. The Morgan fingerprint density at radius 1 is 0.908 bits per heavy atom. The Bertz CT molecular complexity index is 2730. The van der Waals surface area contributed by atoms with Crippen LogP contribution >= 0.6 is 0 Å². The van der Waals surface area contributed by atoms with Gasteiger partial charge in [-0.15, -0.1) is 0 Å². The van der Waals surface area contributed by atoms with E-state index in [0.717, 1.165) is 45.1 Å². The molecule has 20 heteroatoms. The molecule has 2 aliphatic heterocycles. The van der Waals surface area contributed by atoms with Crippen molar-refractivity contribution in [3.63, 3.8) is 0 Å². The highest BCUT2D eigenvalue weighted by Gasteiger charge is 2.38. The summed E-state index contributed by atoms with van der Waals surface area (Å²) in [6, 6.07) is 14.9. The van der Waals surface area contributed by atoms with Crippen LogP contribution in [-0.4, -0.2) is 108 Å². The number of fused-ring (bicyclic) bond motifs is 2. The number of ether oxygens (including phenoxy) is 1. The predicted octanol–water partition coefficient (Wildman–Crippen LogP) is 0.614. The highest BCUT2D eigenvalue weighted by atomic mass is 16.5. The zero-order chi connectivity index (χ0) is 46.4. The number of aliphatic hydroxyl groups excluding tert-OH is 1. The molecule has 10 N–H and O–H groups in total. The lowest BCUT2D eigenvalue weighted by Gasteiger charge is -2.36. The Balaban J connectivity index is 1.12. The molecule has 5 aromatic rings. The Kier molecular flexibility index (Phi) is 13.8. The number of carboxylic acids is 1. The lowest BCUT2D eigenvalue weighted by atomic mass is 9.94. The molecule has 4 heterocycles. The van der Waals surface area contributed by atoms with Gasteiger partial charge in [0.2, 0.25) is 23.9 Å². The van der Waals surface area contributed by atoms with Crippen molar-refractivity contribution in [2.24, 2.45) is 0 Å². The number of rotatable bonds is 15. The second-order valence-corrected chi connectivity index (χ2v) is 16.0. The first-order chi connectivity index (χ1) is 31.1. The van der Waals surface area contributed by atoms with Gasteiger partial charge in [-0.05, 0) is 53.8 Å². The Labute approximate surface area is 370 Å². The number of para-hydroxylation sites is 1. The first kappa shape index (κ1) is 45.3. The van der Waals surface area contributed by atoms with Gasteiger partial charge in [0.25, 0.3) is 5.56 Å². The van der Waals surface area contributed by atoms with Gasteiger partial charge < -0.3 is 56.5 Å². The van der Waals surface area contributed by atoms with Gasteiger partial charge in [-0.2, -0.15) is 0 Å². The lowest BCUT2D eigenvalue weighted by Crippen LogP contribution is -2.63. The topological polar surface area (TPSA) is 289 Å². The fourth-order valence-electron chi connectivity index (χ4n) is 7.93. The van der Waals surface area contributed by atoms with Crippen LogP contribution in [0.25, 0.3) is 10.9 Å². The van der Waals surface area contributed by atoms with Crippen molar-refractivity contribution in [2.75, 3.05) is 7.05 Å². The van der Waals surface area contributed by atoms with Crippen molar-refractivity contribution in [2.45, 2.75) is 81.7 Å². The number of aliphatic carboxylic acids is 1. The zero-order valence-electron chi connectivity index (χ0n) is 35.3. The predicted molar refractivity (Wildman–Crippen MR) is 234 cm³/mol. The van der Waals surface area contributed by atoms with E-state index >= 15 is 0 Å². The molecular formula is C45H49N9O11. The molecule has 0 saturated carbocycles. The molecule has 1 fully saturated rings. The third-order valence-electron chi connectivity index (χ3n) is 11.6. The minimum Gasteiger partial charge on any atom is -0.508 e. The van der Waals surface area contributed by atoms with E-state index in [-0.39, 0.29) is 37.2 Å². The second-order valence-electron chi connectivity index (χ2n) is 16.0. The maximum absolute atomic E-state index is 14.4. The number of aromatic hydroxyl groups is 1. The van der Waals surface area contributed by atoms with Crippen LogP contribution in [0.5, 0.6) is 5.75 Å². The summed E-state index contributed by atoms with van der Waals surface area (Å²) >= 11 is 0. The smallest absolute Gasteiger partial charge is 0.331 e. The molecule has 20 nitrogen and oxygen atoms in total. The van der Waals surface area contributed by atoms with E-state index in [1.54, 1.807) is 61.7 Å². The van der Waals surface area contributed by atoms with E-state index in [1.165, 1.54) is 11.9 Å². The Morgan fingerprint density at radius 3 is 2.40 bits per heavy atom. The summed E-state index contributed by atoms with van der Waals surface area (Å²) in [6.07, 6.45) is 1.38. The van der Waals surface area contributed by atoms with E-state index in [0.29, 0.717) is 17.7 Å². The van der Waals surface area contributed by atoms with Crippen LogP contribution in [0.2, 0.25) is 0 Å². The summed E-state index contributed by atoms with van der Waals surface area (Å²) in [6.45, 7) is 1.88. The van der Waals surface area contributed by atoms with Crippen LogP contribution < -0.4 is 37.8 Å². The average Bonchev–Trinajstić information content (AvgIpc) is 3.88. The molecule has 0 radical (unpaired) electrons. The number of carbonyl (C=O) groups is 5. The van der Waals surface area contributed by atoms with Crippen LogP contribution in [0, 0.1) is 0 Å². The van der Waals surface area contributed by atoms with Crippen LogP contribution in [0.4, 0.5) is 4.79 Å². The van der Waals surface area contributed by atoms with Crippen molar-refractivity contribution in [3.8, 4) is 5.75 Å². The number of phenolic OH excluding ortho intramolecular Hbond substituents is 1. The van der Waals surface area contributed by atoms with Crippen LogP contribution in [0.1, 0.15) is 41.8 Å². The molecule has 3 aromatic carbocycles. The number of carboxylic acid groups (broad SMARTS) is 1. The number of urea groups is 1. The number of carbonyl (C=O) groups excluding carboxylic acids is 4. The van der Waals surface area contributed by atoms with Gasteiger partial charge in [0, 0.05) is 68.4 Å². The molecule has 7 rings (SSSR count). The SMILES string of the molecule is C[C@@H]([C@H](NC(=O)[C@H](Cc1ccccc1)NC(=O)N[C@@H](Cc1c[nH]c2ccccc12)C(=O)O)C(=O)N/C=C1/C[C@@H](O)[C@H](n2ccc(=O)[nH]c2=O)O1)N(C)C(=O)C1Cc2cc(O)ccc2CN1. The molecule has 0 aliphatic carbocycles. The number of aromatic nitrogens is 3. The van der Waals surface area contributed by atoms with Crippen LogP contribution in [0.15, 0.2) is 113 Å². The maximum atomic E-state index is 14.4. The van der Waals surface area contributed by atoms with E-state index in [1.807, 2.05) is 24.3 Å². The molecule has 0 spiro atoms. The number of aromatic amines is 2. The van der Waals surface area contributed by atoms with Gasteiger partial charge in [0.1, 0.15) is 35.7 Å². The number of hydrogen-bond acceptors (Lipinski definition) is 11. The number of phenols is 1. The minimum absolute atomic E-state index is 0.0445. The largest absolute Gasteiger partial charge is 0.508 e. The number of hydrogen-bond donors (Lipinski definition) is 10. The molecule has 340 valence electrons. The van der Waals surface area contributed by atoms with Gasteiger partial charge >= 0.3 is 17.7 Å². The number of likely N-dealkylation sites (N-methyl/N-ethyl adjacent to an activating group) is 1. The first-order valence-electron chi connectivity index (χ1n) is 20.8. The van der Waals surface area contributed by atoms with Crippen LogP contribution in [-0.2, 0) is 49.7 Å². The number of nitrogens with zero attached hydrogens (tertiary/aromatic N) is 2. The Hall–Kier alpha value is -7.71. The average molecular weight is 892 g/mol. The van der Waals surface area contributed by atoms with E-state index in [4.69, 9.17) is 4.74 Å². The Morgan fingerprint density at radius 2 is 1.65 bits per heavy atom. The zero-order valence-corrected chi connectivity index (χ0v) is 35.3. The third-order valence-corrected chi connectivity index (χ3v) is 11.6. The molecule has 65 heavy (non-hydrogen) atoms. The number of aliphatic hydroxyl groups is 1. The molecule has 1 unspecified atom stereocenters. The molecule has 0 bridgehead atoms. The third kappa shape index (κ3) is 10.7. The molecule has 7 atom stereocenters. The second kappa shape index (κ2) is 19.8. The van der Waals surface area contributed by atoms with Crippen molar-refractivity contribution in [1.82, 2.24) is 46.0 Å². The monoisotopic (exact) mass is 891 g/mol. The molecular weight excluding hydrogens is 843 g/mol. The standard InChI is InChI=1S/C45H49N9O11/c1-24(53(2)41(60)34-18-27-17-29(55)13-12-26(27)21-47-34)38(40(59)48-23-30-20-36(56)42(65-30)54-15-14-37(57)51-45(54)64)52-39(58)33(16-25-8-4-3-5-9-25)49-44(63)50-35(43(61)62)19-28-22-46-32-11-7-6-10-31(28)32/h3-15,17,22-24,33-36,38,42,46-47,55-56H,16,18-21H2,1-2H3,(H,48,59)(H,52,58)(H,61,62)(H2,49,50,63)(H,51,57,64)/b30-23-/t24-,33-,34?,35-,36+,38-,42+/m0/s1. The molecule has 5 amide bonds. The molecule has 1 saturated heterocycles. The van der Waals surface area contributed by atoms with Crippen molar-refractivity contribution >= 4 is 40.6 Å². The van der Waals surface area contributed by atoms with Gasteiger partial charge in [0.05, 0.1) is 12.1 Å². The maximum Gasteiger partial charge on any atom is 0.331 e. The van der Waals surface area contributed by atoms with Crippen LogP contribution in [0.3, 0.4) is 0 Å². The summed E-state index contributed by atoms with van der Waals surface area (Å²) in [4.78, 5) is 99.3. The lowest BCUT2D eigenvalue weighted by molar-refractivity contribution is -0.139. The quantitative estimate of drug-likeness (QED) is 0.0693. The first-order valence-corrected chi connectivity index (χ1v) is 20.8. The summed E-state index contributed by atoms with van der Waals surface area (Å²) in [5.74, 6) is -3.33. The summed E-state index contributed by atoms with van der Waals surface area (Å²) in [5, 5.41) is 45.3. The highest BCUT2D eigenvalue weighted by molar-refractivity contribution is 5.94. The number of amides is 5. The fraction of sp³-hybridized carbons (Fsp3) is 0.311. The summed E-state index contributed by atoms with van der Waals surface area (Å²) < 4.78 is 6.75. The van der Waals surface area contributed by atoms with E-state index in [2.05, 4.69) is 36.6 Å². The normalized spacial score (nSPS) is 19.2. The van der Waals surface area contributed by atoms with E-state index in [9.17, 15) is 48.9 Å². The van der Waals surface area contributed by atoms with Gasteiger partial charge in [-0.25, -0.2) is 14.4 Å². The fourth-order valence-corrected chi connectivity index (χ4v) is 7.93. The number of nitrogens with one attached hydrogen (secondary N) is 7. The minimum atomic E-state index is -1.51.